The topological polar surface area (TPSA) is 112 Å². The number of aliphatic carboxylic acids is 1. The smallest absolute Gasteiger partial charge is 0.300 e. The maximum absolute atomic E-state index is 10.3. The highest BCUT2D eigenvalue weighted by Gasteiger charge is 2.12. The Balaban J connectivity index is -0.00000146. The summed E-state index contributed by atoms with van der Waals surface area (Å²) in [5.41, 5.74) is 15.5. The number of rotatable bonds is 34. The van der Waals surface area contributed by atoms with Crippen LogP contribution >= 0.6 is 118 Å². The molecule has 0 bridgehead atoms. The number of benzene rings is 3. The van der Waals surface area contributed by atoms with Gasteiger partial charge in [0.05, 0.1) is 34.5 Å². The van der Waals surface area contributed by atoms with Crippen molar-refractivity contribution in [3.05, 3.63) is 300 Å². The first-order valence-corrected chi connectivity index (χ1v) is 50.8. The van der Waals surface area contributed by atoms with E-state index in [2.05, 4.69) is 354 Å². The summed E-state index contributed by atoms with van der Waals surface area (Å²) in [4.78, 5) is 29.5. The normalized spacial score (nSPS) is 10.5. The highest BCUT2D eigenvalue weighted by atomic mass is 79.9. The van der Waals surface area contributed by atoms with Gasteiger partial charge in [-0.2, -0.15) is 9.13 Å². The summed E-state index contributed by atoms with van der Waals surface area (Å²) in [6, 6.07) is 68.8. The Bertz CT molecular complexity index is 3970. The SMILES string of the molecule is BrCCSSCCBr.C1CCNC1.CC(=O)O.CN(C)c1ccc(/C=C/c2cccc[n+]2CCSSCC[n+]2ccccc2/C=C/c2ccc(N(C)C)cc2)cc1.CN(C)c1ccc(C=O)cc1.Cc1cccc[n+]1CCSSCC[n+]1ccccc1C.Cc1cccc[n+]1CCSSCC[n+]1ccccc1C.Cc1ccccn1.[Br-].[Br-].[Br-].[Br-].[Br-].[Br-]. The molecule has 0 atom stereocenters. The lowest BCUT2D eigenvalue weighted by Gasteiger charge is -2.11. The van der Waals surface area contributed by atoms with E-state index in [0.29, 0.717) is 0 Å². The molecule has 8 heterocycles. The number of aryl methyl sites for hydroxylation is 11. The first-order chi connectivity index (χ1) is 55.8. The molecule has 0 radical (unpaired) electrons. The molecule has 3 aromatic carbocycles. The summed E-state index contributed by atoms with van der Waals surface area (Å²) in [6.45, 7) is 20.5. The van der Waals surface area contributed by atoms with Gasteiger partial charge in [-0.05, 0) is 129 Å². The number of carboxylic acids is 1. The largest absolute Gasteiger partial charge is 1.00 e. The van der Waals surface area contributed by atoms with Crippen LogP contribution in [0, 0.1) is 34.6 Å². The molecule has 14 nitrogen and oxygen atoms in total. The minimum Gasteiger partial charge on any atom is -1.00 e. The summed E-state index contributed by atoms with van der Waals surface area (Å²) < 4.78 is 13.9. The second-order valence-electron chi connectivity index (χ2n) is 26.4. The highest BCUT2D eigenvalue weighted by molar-refractivity contribution is 9.09. The summed E-state index contributed by atoms with van der Waals surface area (Å²) in [5.74, 6) is 8.31. The van der Waals surface area contributed by atoms with Crippen molar-refractivity contribution in [1.29, 1.82) is 0 Å². The molecule has 1 fully saturated rings. The zero-order chi connectivity index (χ0) is 83.3. The van der Waals surface area contributed by atoms with Gasteiger partial charge in [0.25, 0.3) is 5.97 Å². The molecule has 1 aliphatic heterocycles. The van der Waals surface area contributed by atoms with Crippen molar-refractivity contribution in [2.75, 3.05) is 127 Å². The number of hydrogen-bond acceptors (Lipinski definition) is 15. The number of carbonyl (C=O) groups is 2. The Morgan fingerprint density at radius 3 is 0.851 bits per heavy atom. The van der Waals surface area contributed by atoms with Crippen molar-refractivity contribution in [3.63, 3.8) is 0 Å². The van der Waals surface area contributed by atoms with Crippen molar-refractivity contribution < 1.29 is 144 Å². The van der Waals surface area contributed by atoms with Crippen LogP contribution in [0.2, 0.25) is 0 Å². The van der Waals surface area contributed by atoms with Gasteiger partial charge in [0.2, 0.25) is 11.4 Å². The van der Waals surface area contributed by atoms with Crippen LogP contribution in [0.5, 0.6) is 0 Å². The van der Waals surface area contributed by atoms with Gasteiger partial charge in [-0.3, -0.25) is 14.6 Å². The summed E-state index contributed by atoms with van der Waals surface area (Å²) in [7, 11) is 27.8. The molecule has 1 aliphatic rings. The molecule has 30 heteroatoms. The number of carboxylic acid groups (broad SMARTS) is 1. The number of nitrogens with one attached hydrogen (secondary N) is 1. The average Bonchev–Trinajstić information content (AvgIpc) is 1.53. The third-order valence-corrected chi connectivity index (χ3v) is 28.1. The van der Waals surface area contributed by atoms with E-state index in [1.807, 2.05) is 155 Å². The first-order valence-electron chi connectivity index (χ1n) is 38.6. The van der Waals surface area contributed by atoms with Gasteiger partial charge < -0.3 is 127 Å². The monoisotopic (exact) mass is 2310 g/mol. The molecule has 10 aromatic rings. The van der Waals surface area contributed by atoms with Crippen molar-refractivity contribution in [2.24, 2.45) is 0 Å². The van der Waals surface area contributed by atoms with Crippen LogP contribution in [0.25, 0.3) is 24.3 Å². The van der Waals surface area contributed by atoms with E-state index in [1.54, 1.807) is 6.20 Å². The summed E-state index contributed by atoms with van der Waals surface area (Å²) in [6.07, 6.45) is 27.2. The molecule has 664 valence electrons. The zero-order valence-corrected chi connectivity index (χ0v) is 90.9. The average molecular weight is 2310 g/mol. The van der Waals surface area contributed by atoms with Gasteiger partial charge in [-0.15, -0.1) is 0 Å². The van der Waals surface area contributed by atoms with E-state index >= 15 is 0 Å². The van der Waals surface area contributed by atoms with Gasteiger partial charge >= 0.3 is 0 Å². The highest BCUT2D eigenvalue weighted by Crippen LogP contribution is 2.24. The second kappa shape index (κ2) is 78.6. The Morgan fingerprint density at radius 1 is 0.372 bits per heavy atom. The lowest BCUT2D eigenvalue weighted by atomic mass is 10.1. The first kappa shape index (κ1) is 121. The maximum atomic E-state index is 10.3. The molecule has 0 amide bonds. The fraction of sp³-hybridized carbons (Fsp3) is 0.352. The van der Waals surface area contributed by atoms with Crippen molar-refractivity contribution >= 4 is 172 Å². The molecule has 0 spiro atoms. The minimum atomic E-state index is -0.833. The molecule has 0 unspecified atom stereocenters. The van der Waals surface area contributed by atoms with E-state index in [-0.39, 0.29) is 102 Å². The van der Waals surface area contributed by atoms with Gasteiger partial charge in [-0.25, -0.2) is 18.3 Å². The number of alkyl halides is 2. The number of nitrogens with zero attached hydrogens (tertiary/aromatic N) is 10. The van der Waals surface area contributed by atoms with Crippen LogP contribution in [0.4, 0.5) is 17.1 Å². The van der Waals surface area contributed by atoms with E-state index in [1.165, 1.54) is 94.1 Å². The predicted molar refractivity (Wildman–Crippen MR) is 516 cm³/mol. The van der Waals surface area contributed by atoms with Crippen LogP contribution in [0.1, 0.15) is 81.1 Å². The predicted octanol–water partition coefficient (Wildman–Crippen LogP) is 1.33. The van der Waals surface area contributed by atoms with Gasteiger partial charge in [0, 0.05) is 219 Å². The van der Waals surface area contributed by atoms with Crippen molar-refractivity contribution in [2.45, 2.75) is 93.7 Å². The molecule has 0 saturated carbocycles. The zero-order valence-electron chi connectivity index (χ0n) is 71.6. The fourth-order valence-corrected chi connectivity index (χ4v) is 20.0. The van der Waals surface area contributed by atoms with E-state index in [4.69, 9.17) is 9.90 Å². The van der Waals surface area contributed by atoms with Crippen LogP contribution in [0.15, 0.2) is 244 Å². The fourth-order valence-electron chi connectivity index (χ4n) is 10.3. The third kappa shape index (κ3) is 58.4. The number of aldehydes is 1. The van der Waals surface area contributed by atoms with Crippen molar-refractivity contribution in [3.8, 4) is 0 Å². The number of anilines is 3. The molecular formula is C91H123Br8N11O3S8. The molecule has 0 aliphatic carbocycles. The van der Waals surface area contributed by atoms with E-state index < -0.39 is 5.97 Å². The molecule has 121 heavy (non-hydrogen) atoms. The van der Waals surface area contributed by atoms with Crippen LogP contribution < -0.4 is 149 Å². The van der Waals surface area contributed by atoms with E-state index in [0.717, 1.165) is 115 Å². The molecule has 1 saturated heterocycles. The van der Waals surface area contributed by atoms with Gasteiger partial charge in [0.15, 0.2) is 99.2 Å². The second-order valence-corrected chi connectivity index (χ2v) is 38.8. The Morgan fingerprint density at radius 2 is 0.628 bits per heavy atom. The van der Waals surface area contributed by atoms with Crippen molar-refractivity contribution in [1.82, 2.24) is 10.3 Å². The minimum absolute atomic E-state index is 0. The Kier molecular flexibility index (Phi) is 78.9. The maximum Gasteiger partial charge on any atom is 0.300 e. The number of hydrogen-bond donors (Lipinski definition) is 2. The van der Waals surface area contributed by atoms with Gasteiger partial charge in [-0.1, -0.05) is 173 Å². The van der Waals surface area contributed by atoms with Gasteiger partial charge in [0.1, 0.15) is 6.29 Å². The standard InChI is InChI=1S/C34H40N4S2.2C16H22N2S2.C9H11NO.C6H7N.C4H8Br2S2.C4H9N.C2H4O2.6BrH/c1-35(2)31-17-11-29(12-18-31)15-21-33-9-5-7-23-37(33)25-27-39-40-28-26-38-24-8-6-10-34(38)22-16-30-13-19-32(20-14-30)36(3)4;2*1-15-7-3-5-9-17(15)11-13-19-20-14-12-18-10-6-4-8-16(18)2;1-10(2)9-5-3-8(7-11)4-6-9;1-6-4-2-3-5-7-6;5-1-3-7-8-4-2-6;1-2-4-5-3-1;1-2(3)4;;;;;;/h5-24H,25-28H2,1-4H3;2*3-10H,11-14H2,1-2H3;3-7H,1-2H3;2-5H,1H3;1-4H2;5H,1-4H2;1H3,(H,3,4);6*1H/q3*+2;;;;;;;;;;;/p-6. The van der Waals surface area contributed by atoms with Crippen LogP contribution in [0.3, 0.4) is 0 Å². The molecule has 2 N–H and O–H groups in total. The quantitative estimate of drug-likeness (QED) is 0.0199. The number of halogens is 8. The lowest BCUT2D eigenvalue weighted by molar-refractivity contribution is -0.698. The summed E-state index contributed by atoms with van der Waals surface area (Å²) >= 11 is 6.71. The number of carbonyl (C=O) groups excluding carboxylic acids is 1. The Labute approximate surface area is 837 Å². The molecule has 11 rings (SSSR count). The lowest BCUT2D eigenvalue weighted by Crippen LogP contribution is -3.00. The molecular weight excluding hydrogens is 2190 g/mol. The van der Waals surface area contributed by atoms with Crippen LogP contribution in [-0.2, 0) is 44.1 Å². The Hall–Kier alpha value is -3.67. The number of aromatic nitrogens is 7. The van der Waals surface area contributed by atoms with Crippen LogP contribution in [-0.4, -0.2) is 134 Å². The molecule has 7 aromatic heterocycles. The number of pyridine rings is 7. The van der Waals surface area contributed by atoms with E-state index in [9.17, 15) is 4.79 Å². The summed E-state index contributed by atoms with van der Waals surface area (Å²) in [5, 5.41) is 12.8. The third-order valence-electron chi connectivity index (χ3n) is 16.8.